The van der Waals surface area contributed by atoms with E-state index in [1.165, 1.54) is 12.1 Å². The summed E-state index contributed by atoms with van der Waals surface area (Å²) < 4.78 is 13.0. The highest BCUT2D eigenvalue weighted by molar-refractivity contribution is 5.98. The Balaban J connectivity index is 2.20. The lowest BCUT2D eigenvalue weighted by Gasteiger charge is -2.13. The first-order valence-electron chi connectivity index (χ1n) is 5.48. The Morgan fingerprint density at radius 3 is 2.80 bits per heavy atom. The first kappa shape index (κ1) is 10.3. The second kappa shape index (κ2) is 4.13. The van der Waals surface area contributed by atoms with E-state index in [0.29, 0.717) is 11.5 Å². The molecule has 2 rings (SSSR count). The number of ketones is 1. The lowest BCUT2D eigenvalue weighted by molar-refractivity contribution is 0.0896. The van der Waals surface area contributed by atoms with Crippen LogP contribution in [0.1, 0.15) is 36.5 Å². The maximum absolute atomic E-state index is 13.0. The van der Waals surface area contributed by atoms with Crippen LogP contribution in [0.2, 0.25) is 0 Å². The Hall–Kier alpha value is -1.18. The van der Waals surface area contributed by atoms with Crippen LogP contribution < -0.4 is 0 Å². The molecule has 0 spiro atoms. The van der Waals surface area contributed by atoms with Crippen molar-refractivity contribution in [3.8, 4) is 0 Å². The highest BCUT2D eigenvalue weighted by Crippen LogP contribution is 2.33. The number of hydrogen-bond acceptors (Lipinski definition) is 1. The third-order valence-electron chi connectivity index (χ3n) is 3.31. The molecule has 0 saturated heterocycles. The van der Waals surface area contributed by atoms with Gasteiger partial charge < -0.3 is 0 Å². The van der Waals surface area contributed by atoms with Crippen LogP contribution in [0.25, 0.3) is 0 Å². The zero-order valence-corrected chi connectivity index (χ0v) is 8.87. The van der Waals surface area contributed by atoms with Crippen molar-refractivity contribution in [3.05, 3.63) is 35.6 Å². The quantitative estimate of drug-likeness (QED) is 0.677. The molecule has 1 fully saturated rings. The van der Waals surface area contributed by atoms with Gasteiger partial charge in [0.25, 0.3) is 0 Å². The highest BCUT2D eigenvalue weighted by atomic mass is 19.1. The van der Waals surface area contributed by atoms with E-state index in [2.05, 4.69) is 6.92 Å². The molecule has 0 amide bonds. The molecular formula is C13H15FO. The normalized spacial score (nSPS) is 25.5. The average molecular weight is 206 g/mol. The molecule has 0 N–H and O–H groups in total. The van der Waals surface area contributed by atoms with E-state index in [1.54, 1.807) is 12.1 Å². The van der Waals surface area contributed by atoms with Crippen molar-refractivity contribution in [1.29, 1.82) is 0 Å². The van der Waals surface area contributed by atoms with Crippen molar-refractivity contribution in [2.45, 2.75) is 26.2 Å². The fraction of sp³-hybridized carbons (Fsp3) is 0.462. The molecule has 2 heteroatoms. The summed E-state index contributed by atoms with van der Waals surface area (Å²) in [6.45, 7) is 2.11. The SMILES string of the molecule is CC1CCCC1C(=O)c1cccc(F)c1. The van der Waals surface area contributed by atoms with Gasteiger partial charge in [0, 0.05) is 11.5 Å². The minimum absolute atomic E-state index is 0.104. The Morgan fingerprint density at radius 1 is 1.40 bits per heavy atom. The largest absolute Gasteiger partial charge is 0.294 e. The molecule has 0 radical (unpaired) electrons. The van der Waals surface area contributed by atoms with Gasteiger partial charge in [-0.25, -0.2) is 4.39 Å². The lowest BCUT2D eigenvalue weighted by Crippen LogP contribution is -2.17. The van der Waals surface area contributed by atoms with E-state index in [9.17, 15) is 9.18 Å². The average Bonchev–Trinajstić information content (AvgIpc) is 2.63. The monoisotopic (exact) mass is 206 g/mol. The molecule has 1 aromatic rings. The second-order valence-corrected chi connectivity index (χ2v) is 4.39. The highest BCUT2D eigenvalue weighted by Gasteiger charge is 2.30. The number of benzene rings is 1. The van der Waals surface area contributed by atoms with E-state index in [1.807, 2.05) is 0 Å². The maximum Gasteiger partial charge on any atom is 0.166 e. The van der Waals surface area contributed by atoms with Crippen molar-refractivity contribution in [1.82, 2.24) is 0 Å². The first-order chi connectivity index (χ1) is 7.18. The number of carbonyl (C=O) groups is 1. The molecule has 0 aromatic heterocycles. The van der Waals surface area contributed by atoms with Crippen LogP contribution in [0.5, 0.6) is 0 Å². The van der Waals surface area contributed by atoms with Gasteiger partial charge in [0.2, 0.25) is 0 Å². The Morgan fingerprint density at radius 2 is 2.20 bits per heavy atom. The summed E-state index contributed by atoms with van der Waals surface area (Å²) in [5.41, 5.74) is 0.522. The van der Waals surface area contributed by atoms with Gasteiger partial charge in [0.1, 0.15) is 5.82 Å². The molecule has 1 nitrogen and oxygen atoms in total. The predicted molar refractivity (Wildman–Crippen MR) is 57.2 cm³/mol. The van der Waals surface area contributed by atoms with Crippen LogP contribution in [0.3, 0.4) is 0 Å². The molecule has 0 bridgehead atoms. The summed E-state index contributed by atoms with van der Waals surface area (Å²) in [7, 11) is 0. The number of halogens is 1. The van der Waals surface area contributed by atoms with Gasteiger partial charge >= 0.3 is 0 Å². The van der Waals surface area contributed by atoms with Crippen LogP contribution in [-0.2, 0) is 0 Å². The van der Waals surface area contributed by atoms with Gasteiger partial charge in [0.15, 0.2) is 5.78 Å². The fourth-order valence-corrected chi connectivity index (χ4v) is 2.39. The Kier molecular flexibility index (Phi) is 2.85. The van der Waals surface area contributed by atoms with Gasteiger partial charge in [-0.3, -0.25) is 4.79 Å². The molecule has 1 aliphatic rings. The van der Waals surface area contributed by atoms with Crippen molar-refractivity contribution in [2.75, 3.05) is 0 Å². The molecule has 0 heterocycles. The molecule has 1 saturated carbocycles. The topological polar surface area (TPSA) is 17.1 Å². The van der Waals surface area contributed by atoms with Crippen molar-refractivity contribution >= 4 is 5.78 Å². The minimum atomic E-state index is -0.327. The van der Waals surface area contributed by atoms with Crippen LogP contribution in [0.15, 0.2) is 24.3 Å². The molecule has 2 unspecified atom stereocenters. The molecule has 0 aliphatic heterocycles. The number of carbonyl (C=O) groups excluding carboxylic acids is 1. The summed E-state index contributed by atoms with van der Waals surface area (Å²) in [6.07, 6.45) is 3.19. The standard InChI is InChI=1S/C13H15FO/c1-9-4-2-7-12(9)13(15)10-5-3-6-11(14)8-10/h3,5-6,8-9,12H,2,4,7H2,1H3. The molecule has 2 atom stereocenters. The van der Waals surface area contributed by atoms with Gasteiger partial charge in [-0.2, -0.15) is 0 Å². The lowest BCUT2D eigenvalue weighted by atomic mass is 9.90. The van der Waals surface area contributed by atoms with E-state index in [-0.39, 0.29) is 17.5 Å². The third kappa shape index (κ3) is 2.09. The second-order valence-electron chi connectivity index (χ2n) is 4.39. The summed E-state index contributed by atoms with van der Waals surface area (Å²) in [5.74, 6) is 0.332. The van der Waals surface area contributed by atoms with Crippen LogP contribution in [-0.4, -0.2) is 5.78 Å². The van der Waals surface area contributed by atoms with E-state index in [4.69, 9.17) is 0 Å². The summed E-state index contributed by atoms with van der Waals surface area (Å²) in [5, 5.41) is 0. The van der Waals surface area contributed by atoms with Gasteiger partial charge in [0.05, 0.1) is 0 Å². The first-order valence-corrected chi connectivity index (χ1v) is 5.48. The zero-order valence-electron chi connectivity index (χ0n) is 8.87. The van der Waals surface area contributed by atoms with Crippen LogP contribution >= 0.6 is 0 Å². The smallest absolute Gasteiger partial charge is 0.166 e. The number of Topliss-reactive ketones (excluding diaryl/α,β-unsaturated/α-hetero) is 1. The van der Waals surface area contributed by atoms with Crippen molar-refractivity contribution < 1.29 is 9.18 Å². The number of hydrogen-bond donors (Lipinski definition) is 0. The molecular weight excluding hydrogens is 191 g/mol. The molecule has 1 aliphatic carbocycles. The van der Waals surface area contributed by atoms with Crippen LogP contribution in [0.4, 0.5) is 4.39 Å². The summed E-state index contributed by atoms with van der Waals surface area (Å²) >= 11 is 0. The summed E-state index contributed by atoms with van der Waals surface area (Å²) in [4.78, 5) is 12.0. The van der Waals surface area contributed by atoms with E-state index >= 15 is 0 Å². The maximum atomic E-state index is 13.0. The van der Waals surface area contributed by atoms with Crippen LogP contribution in [0, 0.1) is 17.7 Å². The van der Waals surface area contributed by atoms with Crippen molar-refractivity contribution in [3.63, 3.8) is 0 Å². The van der Waals surface area contributed by atoms with Crippen molar-refractivity contribution in [2.24, 2.45) is 11.8 Å². The van der Waals surface area contributed by atoms with Gasteiger partial charge in [-0.15, -0.1) is 0 Å². The van der Waals surface area contributed by atoms with E-state index in [0.717, 1.165) is 19.3 Å². The predicted octanol–water partition coefficient (Wildman–Crippen LogP) is 3.44. The summed E-state index contributed by atoms with van der Waals surface area (Å²) in [6, 6.07) is 6.01. The molecule has 1 aromatic carbocycles. The van der Waals surface area contributed by atoms with Gasteiger partial charge in [-0.1, -0.05) is 25.5 Å². The molecule has 15 heavy (non-hydrogen) atoms. The molecule has 80 valence electrons. The third-order valence-corrected chi connectivity index (χ3v) is 3.31. The Labute approximate surface area is 89.3 Å². The van der Waals surface area contributed by atoms with Gasteiger partial charge in [-0.05, 0) is 30.9 Å². The number of rotatable bonds is 2. The van der Waals surface area contributed by atoms with E-state index < -0.39 is 0 Å². The fourth-order valence-electron chi connectivity index (χ4n) is 2.39. The minimum Gasteiger partial charge on any atom is -0.294 e. The zero-order chi connectivity index (χ0) is 10.8. The Bertz CT molecular complexity index is 373.